The summed E-state index contributed by atoms with van der Waals surface area (Å²) in [7, 11) is -3.57. The first-order valence-electron chi connectivity index (χ1n) is 5.94. The van der Waals surface area contributed by atoms with Crippen molar-refractivity contribution in [2.45, 2.75) is 30.7 Å². The number of amides is 1. The summed E-state index contributed by atoms with van der Waals surface area (Å²) in [6, 6.07) is 4.83. The monoisotopic (exact) mass is 346 g/mol. The van der Waals surface area contributed by atoms with Gasteiger partial charge in [-0.2, -0.15) is 0 Å². The van der Waals surface area contributed by atoms with Crippen LogP contribution in [0, 0.1) is 6.92 Å². The van der Waals surface area contributed by atoms with E-state index in [0.29, 0.717) is 23.9 Å². The molecule has 0 radical (unpaired) electrons. The Morgan fingerprint density at radius 2 is 2.16 bits per heavy atom. The molecular weight excluding hydrogens is 332 g/mol. The van der Waals surface area contributed by atoms with E-state index in [2.05, 4.69) is 26.0 Å². The zero-order valence-corrected chi connectivity index (χ0v) is 12.8. The van der Waals surface area contributed by atoms with Gasteiger partial charge in [-0.15, -0.1) is 0 Å². The molecule has 1 saturated heterocycles. The molecule has 1 fully saturated rings. The molecule has 0 aromatic heterocycles. The van der Waals surface area contributed by atoms with E-state index in [-0.39, 0.29) is 16.8 Å². The summed E-state index contributed by atoms with van der Waals surface area (Å²) in [5.74, 6) is -0.0352. The molecule has 1 aromatic rings. The van der Waals surface area contributed by atoms with E-state index in [1.165, 1.54) is 0 Å². The van der Waals surface area contributed by atoms with Gasteiger partial charge in [0.2, 0.25) is 15.9 Å². The van der Waals surface area contributed by atoms with Crippen LogP contribution in [0.1, 0.15) is 18.4 Å². The zero-order chi connectivity index (χ0) is 14.0. The second-order valence-corrected chi connectivity index (χ2v) is 7.13. The van der Waals surface area contributed by atoms with Crippen molar-refractivity contribution in [1.82, 2.24) is 10.0 Å². The van der Waals surface area contributed by atoms with E-state index in [4.69, 9.17) is 0 Å². The van der Waals surface area contributed by atoms with Crippen LogP contribution >= 0.6 is 15.9 Å². The molecule has 7 heteroatoms. The maximum Gasteiger partial charge on any atom is 0.242 e. The minimum atomic E-state index is -3.57. The number of hydrogen-bond donors (Lipinski definition) is 2. The fourth-order valence-electron chi connectivity index (χ4n) is 1.94. The Morgan fingerprint density at radius 1 is 1.42 bits per heavy atom. The van der Waals surface area contributed by atoms with E-state index in [9.17, 15) is 13.2 Å². The molecule has 1 unspecified atom stereocenters. The molecule has 1 amide bonds. The van der Waals surface area contributed by atoms with Gasteiger partial charge < -0.3 is 5.32 Å². The van der Waals surface area contributed by atoms with Gasteiger partial charge in [0.1, 0.15) is 0 Å². The third-order valence-corrected chi connectivity index (χ3v) is 5.46. The van der Waals surface area contributed by atoms with E-state index in [1.54, 1.807) is 18.2 Å². The molecule has 0 saturated carbocycles. The summed E-state index contributed by atoms with van der Waals surface area (Å²) in [6.45, 7) is 2.23. The average molecular weight is 347 g/mol. The molecule has 0 aliphatic carbocycles. The van der Waals surface area contributed by atoms with Crippen LogP contribution in [0.5, 0.6) is 0 Å². The second kappa shape index (κ2) is 5.60. The van der Waals surface area contributed by atoms with Crippen LogP contribution in [0.15, 0.2) is 27.6 Å². The Hall–Kier alpha value is -0.920. The van der Waals surface area contributed by atoms with Crippen molar-refractivity contribution in [1.29, 1.82) is 0 Å². The van der Waals surface area contributed by atoms with Gasteiger partial charge in [0.15, 0.2) is 0 Å². The Balaban J connectivity index is 2.16. The SMILES string of the molecule is Cc1ccc(S(=O)(=O)NC2CCC(=O)NC2)c(Br)c1. The predicted molar refractivity (Wildman–Crippen MR) is 75.2 cm³/mol. The lowest BCUT2D eigenvalue weighted by Gasteiger charge is -2.23. The Kier molecular flexibility index (Phi) is 4.27. The third kappa shape index (κ3) is 3.55. The Morgan fingerprint density at radius 3 is 2.74 bits per heavy atom. The van der Waals surface area contributed by atoms with Gasteiger partial charge in [-0.1, -0.05) is 6.07 Å². The molecule has 1 heterocycles. The number of carbonyl (C=O) groups is 1. The standard InChI is InChI=1S/C12H15BrN2O3S/c1-8-2-4-11(10(13)6-8)19(17,18)15-9-3-5-12(16)14-7-9/h2,4,6,9,15H,3,5,7H2,1H3,(H,14,16). The van der Waals surface area contributed by atoms with Crippen molar-refractivity contribution in [2.75, 3.05) is 6.54 Å². The lowest BCUT2D eigenvalue weighted by molar-refractivity contribution is -0.122. The van der Waals surface area contributed by atoms with E-state index < -0.39 is 10.0 Å². The van der Waals surface area contributed by atoms with Gasteiger partial charge in [-0.3, -0.25) is 4.79 Å². The van der Waals surface area contributed by atoms with Crippen molar-refractivity contribution < 1.29 is 13.2 Å². The van der Waals surface area contributed by atoms with Crippen molar-refractivity contribution in [2.24, 2.45) is 0 Å². The van der Waals surface area contributed by atoms with Crippen molar-refractivity contribution in [3.63, 3.8) is 0 Å². The summed E-state index contributed by atoms with van der Waals surface area (Å²) >= 11 is 3.27. The summed E-state index contributed by atoms with van der Waals surface area (Å²) in [5, 5.41) is 2.65. The predicted octanol–water partition coefficient (Wildman–Crippen LogP) is 1.31. The van der Waals surface area contributed by atoms with Crippen molar-refractivity contribution >= 4 is 31.9 Å². The van der Waals surface area contributed by atoms with Crippen LogP contribution in [0.3, 0.4) is 0 Å². The number of hydrogen-bond acceptors (Lipinski definition) is 3. The van der Waals surface area contributed by atoms with Gasteiger partial charge >= 0.3 is 0 Å². The number of nitrogens with one attached hydrogen (secondary N) is 2. The molecule has 0 spiro atoms. The number of halogens is 1. The van der Waals surface area contributed by atoms with Crippen LogP contribution in [0.4, 0.5) is 0 Å². The highest BCUT2D eigenvalue weighted by Crippen LogP contribution is 2.23. The zero-order valence-electron chi connectivity index (χ0n) is 10.4. The Labute approximate surface area is 121 Å². The number of aryl methyl sites for hydroxylation is 1. The molecule has 2 rings (SSSR count). The van der Waals surface area contributed by atoms with Gasteiger partial charge in [0, 0.05) is 23.5 Å². The summed E-state index contributed by atoms with van der Waals surface area (Å²) in [4.78, 5) is 11.3. The molecule has 104 valence electrons. The van der Waals surface area contributed by atoms with E-state index in [0.717, 1.165) is 5.56 Å². The molecule has 2 N–H and O–H groups in total. The minimum Gasteiger partial charge on any atom is -0.355 e. The van der Waals surface area contributed by atoms with Crippen LogP contribution in [0.25, 0.3) is 0 Å². The highest BCUT2D eigenvalue weighted by Gasteiger charge is 2.25. The second-order valence-electron chi connectivity index (χ2n) is 4.59. The minimum absolute atomic E-state index is 0.0352. The first-order valence-corrected chi connectivity index (χ1v) is 8.21. The van der Waals surface area contributed by atoms with Crippen molar-refractivity contribution in [3.8, 4) is 0 Å². The lowest BCUT2D eigenvalue weighted by atomic mass is 10.1. The van der Waals surface area contributed by atoms with Crippen LogP contribution < -0.4 is 10.0 Å². The quantitative estimate of drug-likeness (QED) is 0.866. The number of piperidine rings is 1. The lowest BCUT2D eigenvalue weighted by Crippen LogP contribution is -2.47. The van der Waals surface area contributed by atoms with Gasteiger partial charge in [-0.05, 0) is 47.0 Å². The first-order chi connectivity index (χ1) is 8.88. The average Bonchev–Trinajstić information content (AvgIpc) is 2.31. The Bertz CT molecular complexity index is 591. The maximum absolute atomic E-state index is 12.3. The van der Waals surface area contributed by atoms with Gasteiger partial charge in [0.05, 0.1) is 4.90 Å². The number of benzene rings is 1. The van der Waals surface area contributed by atoms with Crippen LogP contribution in [0.2, 0.25) is 0 Å². The van der Waals surface area contributed by atoms with Crippen LogP contribution in [-0.4, -0.2) is 26.9 Å². The normalized spacial score (nSPS) is 20.1. The molecule has 1 atom stereocenters. The largest absolute Gasteiger partial charge is 0.355 e. The topological polar surface area (TPSA) is 75.3 Å². The van der Waals surface area contributed by atoms with Gasteiger partial charge in [-0.25, -0.2) is 13.1 Å². The molecule has 1 aliphatic heterocycles. The molecule has 1 aromatic carbocycles. The maximum atomic E-state index is 12.3. The summed E-state index contributed by atoms with van der Waals surface area (Å²) in [5.41, 5.74) is 0.982. The van der Waals surface area contributed by atoms with Crippen LogP contribution in [-0.2, 0) is 14.8 Å². The first kappa shape index (κ1) is 14.5. The molecule has 1 aliphatic rings. The summed E-state index contributed by atoms with van der Waals surface area (Å²) < 4.78 is 27.7. The number of sulfonamides is 1. The summed E-state index contributed by atoms with van der Waals surface area (Å²) in [6.07, 6.45) is 0.872. The molecule has 19 heavy (non-hydrogen) atoms. The fourth-order valence-corrected chi connectivity index (χ4v) is 4.40. The highest BCUT2D eigenvalue weighted by molar-refractivity contribution is 9.10. The fraction of sp³-hybridized carbons (Fsp3) is 0.417. The molecule has 0 bridgehead atoms. The van der Waals surface area contributed by atoms with Gasteiger partial charge in [0.25, 0.3) is 0 Å². The number of carbonyl (C=O) groups excluding carboxylic acids is 1. The van der Waals surface area contributed by atoms with E-state index >= 15 is 0 Å². The highest BCUT2D eigenvalue weighted by atomic mass is 79.9. The molecule has 5 nitrogen and oxygen atoms in total. The van der Waals surface area contributed by atoms with Crippen molar-refractivity contribution in [3.05, 3.63) is 28.2 Å². The smallest absolute Gasteiger partial charge is 0.242 e. The molecular formula is C12H15BrN2O3S. The third-order valence-electron chi connectivity index (χ3n) is 2.96. The number of rotatable bonds is 3. The van der Waals surface area contributed by atoms with E-state index in [1.807, 2.05) is 6.92 Å².